The van der Waals surface area contributed by atoms with Crippen LogP contribution in [0.5, 0.6) is 0 Å². The predicted octanol–water partition coefficient (Wildman–Crippen LogP) is 2.34. The second kappa shape index (κ2) is 5.54. The Labute approximate surface area is 120 Å². The van der Waals surface area contributed by atoms with E-state index in [1.807, 2.05) is 18.2 Å². The van der Waals surface area contributed by atoms with Gasteiger partial charge in [-0.3, -0.25) is 9.59 Å². The number of thioether (sulfide) groups is 1. The first-order chi connectivity index (χ1) is 9.75. The van der Waals surface area contributed by atoms with Crippen LogP contribution in [-0.2, 0) is 0 Å². The Balaban J connectivity index is 1.85. The average molecular weight is 286 g/mol. The summed E-state index contributed by atoms with van der Waals surface area (Å²) in [5.41, 5.74) is 0.927. The number of hydrogen-bond donors (Lipinski definition) is 2. The zero-order chi connectivity index (χ0) is 13.9. The summed E-state index contributed by atoms with van der Waals surface area (Å²) in [5.74, 6) is 0.645. The van der Waals surface area contributed by atoms with Crippen LogP contribution < -0.4 is 10.9 Å². The van der Waals surface area contributed by atoms with Crippen molar-refractivity contribution in [1.29, 1.82) is 0 Å². The Morgan fingerprint density at radius 2 is 2.10 bits per heavy atom. The molecule has 1 aliphatic rings. The third-order valence-electron chi connectivity index (χ3n) is 3.33. The molecule has 0 saturated heterocycles. The van der Waals surface area contributed by atoms with Crippen molar-refractivity contribution in [3.8, 4) is 0 Å². The van der Waals surface area contributed by atoms with Crippen LogP contribution in [-0.4, -0.2) is 16.6 Å². The van der Waals surface area contributed by atoms with E-state index in [2.05, 4.69) is 16.4 Å². The first-order valence-electron chi connectivity index (χ1n) is 6.46. The number of pyridine rings is 1. The van der Waals surface area contributed by atoms with Crippen molar-refractivity contribution in [3.05, 3.63) is 64.1 Å². The molecule has 5 heteroatoms. The van der Waals surface area contributed by atoms with Crippen LogP contribution in [0.3, 0.4) is 0 Å². The number of carbonyl (C=O) groups is 1. The highest BCUT2D eigenvalue weighted by molar-refractivity contribution is 7.99. The third kappa shape index (κ3) is 2.49. The van der Waals surface area contributed by atoms with E-state index in [0.717, 1.165) is 17.7 Å². The van der Waals surface area contributed by atoms with Crippen LogP contribution in [0.15, 0.2) is 52.3 Å². The molecule has 1 unspecified atom stereocenters. The number of rotatable bonds is 2. The van der Waals surface area contributed by atoms with E-state index in [4.69, 9.17) is 0 Å². The van der Waals surface area contributed by atoms with Gasteiger partial charge < -0.3 is 10.3 Å². The number of nitrogens with one attached hydrogen (secondary N) is 2. The molecule has 1 amide bonds. The molecule has 2 aromatic rings. The fraction of sp³-hybridized carbons (Fsp3) is 0.200. The monoisotopic (exact) mass is 286 g/mol. The lowest BCUT2D eigenvalue weighted by Crippen LogP contribution is -2.34. The second-order valence-electron chi connectivity index (χ2n) is 4.61. The summed E-state index contributed by atoms with van der Waals surface area (Å²) in [7, 11) is 0. The summed E-state index contributed by atoms with van der Waals surface area (Å²) in [6, 6.07) is 11.2. The van der Waals surface area contributed by atoms with E-state index < -0.39 is 0 Å². The number of aromatic amines is 1. The van der Waals surface area contributed by atoms with Crippen LogP contribution in [0, 0.1) is 0 Å². The Kier molecular flexibility index (Phi) is 3.60. The molecule has 2 N–H and O–H groups in total. The van der Waals surface area contributed by atoms with Crippen LogP contribution >= 0.6 is 11.8 Å². The van der Waals surface area contributed by atoms with Gasteiger partial charge in [0.15, 0.2) is 0 Å². The minimum Gasteiger partial charge on any atom is -0.345 e. The van der Waals surface area contributed by atoms with Gasteiger partial charge >= 0.3 is 0 Å². The number of H-pyrrole nitrogens is 1. The summed E-state index contributed by atoms with van der Waals surface area (Å²) in [6.45, 7) is 0. The number of fused-ring (bicyclic) bond motifs is 1. The molecule has 0 bridgehead atoms. The van der Waals surface area contributed by atoms with Crippen LogP contribution in [0.1, 0.15) is 28.4 Å². The number of amides is 1. The molecule has 0 radical (unpaired) electrons. The molecule has 0 saturated carbocycles. The lowest BCUT2D eigenvalue weighted by atomic mass is 10.0. The van der Waals surface area contributed by atoms with Crippen LogP contribution in [0.2, 0.25) is 0 Å². The zero-order valence-electron chi connectivity index (χ0n) is 10.8. The maximum absolute atomic E-state index is 12.2. The molecule has 0 aliphatic carbocycles. The van der Waals surface area contributed by atoms with E-state index >= 15 is 0 Å². The molecule has 0 spiro atoms. The lowest BCUT2D eigenvalue weighted by Gasteiger charge is -2.25. The first kappa shape index (κ1) is 13.0. The van der Waals surface area contributed by atoms with Crippen molar-refractivity contribution in [3.63, 3.8) is 0 Å². The van der Waals surface area contributed by atoms with Crippen LogP contribution in [0.4, 0.5) is 0 Å². The molecule has 1 aromatic carbocycles. The normalized spacial score (nSPS) is 17.3. The maximum Gasteiger partial charge on any atom is 0.260 e. The fourth-order valence-corrected chi connectivity index (χ4v) is 3.45. The molecule has 1 aliphatic heterocycles. The molecular formula is C15H14N2O2S. The van der Waals surface area contributed by atoms with Crippen molar-refractivity contribution in [2.75, 3.05) is 5.75 Å². The Morgan fingerprint density at radius 3 is 2.95 bits per heavy atom. The number of aromatic nitrogens is 1. The molecular weight excluding hydrogens is 272 g/mol. The number of benzene rings is 1. The second-order valence-corrected chi connectivity index (χ2v) is 5.75. The van der Waals surface area contributed by atoms with Crippen molar-refractivity contribution in [1.82, 2.24) is 10.3 Å². The molecule has 0 fully saturated rings. The predicted molar refractivity (Wildman–Crippen MR) is 79.1 cm³/mol. The van der Waals surface area contributed by atoms with Gasteiger partial charge in [0.05, 0.1) is 6.04 Å². The lowest BCUT2D eigenvalue weighted by molar-refractivity contribution is 0.0933. The largest absolute Gasteiger partial charge is 0.345 e. The van der Waals surface area contributed by atoms with Gasteiger partial charge in [-0.2, -0.15) is 0 Å². The van der Waals surface area contributed by atoms with Crippen molar-refractivity contribution in [2.45, 2.75) is 17.4 Å². The van der Waals surface area contributed by atoms with E-state index in [1.165, 1.54) is 17.2 Å². The molecule has 4 nitrogen and oxygen atoms in total. The molecule has 20 heavy (non-hydrogen) atoms. The summed E-state index contributed by atoms with van der Waals surface area (Å²) < 4.78 is 0. The quantitative estimate of drug-likeness (QED) is 0.890. The van der Waals surface area contributed by atoms with E-state index in [0.29, 0.717) is 0 Å². The standard InChI is InChI=1S/C15H14N2O2S/c18-14-11(5-3-8-16-14)15(19)17-12-7-9-20-13-6-2-1-4-10(12)13/h1-6,8,12H,7,9H2,(H,16,18)(H,17,19). The molecule has 1 aromatic heterocycles. The fourth-order valence-electron chi connectivity index (χ4n) is 2.33. The van der Waals surface area contributed by atoms with Crippen molar-refractivity contribution >= 4 is 17.7 Å². The minimum atomic E-state index is -0.358. The van der Waals surface area contributed by atoms with Gasteiger partial charge in [0.2, 0.25) is 0 Å². The number of carbonyl (C=O) groups excluding carboxylic acids is 1. The van der Waals surface area contributed by atoms with E-state index in [-0.39, 0.29) is 23.1 Å². The van der Waals surface area contributed by atoms with Gasteiger partial charge in [-0.15, -0.1) is 11.8 Å². The highest BCUT2D eigenvalue weighted by Crippen LogP contribution is 2.35. The van der Waals surface area contributed by atoms with Gasteiger partial charge in [-0.1, -0.05) is 18.2 Å². The van der Waals surface area contributed by atoms with E-state index in [9.17, 15) is 9.59 Å². The third-order valence-corrected chi connectivity index (χ3v) is 4.45. The zero-order valence-corrected chi connectivity index (χ0v) is 11.6. The van der Waals surface area contributed by atoms with Gasteiger partial charge in [0, 0.05) is 16.8 Å². The van der Waals surface area contributed by atoms with Gasteiger partial charge in [-0.05, 0) is 30.2 Å². The molecule has 1 atom stereocenters. The van der Waals surface area contributed by atoms with Crippen LogP contribution in [0.25, 0.3) is 0 Å². The minimum absolute atomic E-state index is 0.0282. The molecule has 3 rings (SSSR count). The smallest absolute Gasteiger partial charge is 0.260 e. The summed E-state index contributed by atoms with van der Waals surface area (Å²) in [6.07, 6.45) is 2.39. The van der Waals surface area contributed by atoms with Crippen molar-refractivity contribution in [2.24, 2.45) is 0 Å². The first-order valence-corrected chi connectivity index (χ1v) is 7.44. The highest BCUT2D eigenvalue weighted by atomic mass is 32.2. The maximum atomic E-state index is 12.2. The summed E-state index contributed by atoms with van der Waals surface area (Å²) in [4.78, 5) is 27.5. The van der Waals surface area contributed by atoms with Gasteiger partial charge in [0.25, 0.3) is 11.5 Å². The Bertz CT molecular complexity index is 696. The average Bonchev–Trinajstić information content (AvgIpc) is 2.48. The number of hydrogen-bond acceptors (Lipinski definition) is 3. The summed E-state index contributed by atoms with van der Waals surface area (Å²) in [5, 5.41) is 2.96. The topological polar surface area (TPSA) is 62.0 Å². The van der Waals surface area contributed by atoms with Crippen molar-refractivity contribution < 1.29 is 4.79 Å². The Hall–Kier alpha value is -2.01. The molecule has 2 heterocycles. The van der Waals surface area contributed by atoms with Gasteiger partial charge in [0.1, 0.15) is 5.56 Å². The Morgan fingerprint density at radius 1 is 1.25 bits per heavy atom. The highest BCUT2D eigenvalue weighted by Gasteiger charge is 2.23. The molecule has 102 valence electrons. The van der Waals surface area contributed by atoms with E-state index in [1.54, 1.807) is 17.8 Å². The van der Waals surface area contributed by atoms with Gasteiger partial charge in [-0.25, -0.2) is 0 Å². The SMILES string of the molecule is O=C(NC1CCSc2ccccc21)c1ccc[nH]c1=O. The summed E-state index contributed by atoms with van der Waals surface area (Å²) >= 11 is 1.80.